The number of carbonyl (C=O) groups excluding carboxylic acids is 1. The molecule has 0 atom stereocenters. The number of nitrogens with one attached hydrogen (secondary N) is 1. The van der Waals surface area contributed by atoms with Crippen LogP contribution >= 0.6 is 11.6 Å². The Bertz CT molecular complexity index is 973. The van der Waals surface area contributed by atoms with Gasteiger partial charge in [0.15, 0.2) is 5.76 Å². The van der Waals surface area contributed by atoms with Gasteiger partial charge in [0.25, 0.3) is 5.91 Å². The van der Waals surface area contributed by atoms with E-state index in [1.54, 1.807) is 6.07 Å². The van der Waals surface area contributed by atoms with Gasteiger partial charge in [-0.25, -0.2) is 0 Å². The van der Waals surface area contributed by atoms with E-state index in [4.69, 9.17) is 20.8 Å². The lowest BCUT2D eigenvalue weighted by atomic mass is 9.74. The number of aryl methyl sites for hydroxylation is 1. The number of rotatable bonds is 4. The smallest absolute Gasteiger partial charge is 0.287 e. The lowest BCUT2D eigenvalue weighted by Gasteiger charge is -2.38. The summed E-state index contributed by atoms with van der Waals surface area (Å²) in [5.41, 5.74) is 2.82. The molecule has 1 saturated heterocycles. The molecule has 3 aromatic rings. The van der Waals surface area contributed by atoms with E-state index in [2.05, 4.69) is 11.4 Å². The highest BCUT2D eigenvalue weighted by atomic mass is 35.5. The number of ether oxygens (including phenoxy) is 1. The zero-order valence-corrected chi connectivity index (χ0v) is 16.0. The third-order valence-electron chi connectivity index (χ3n) is 5.37. The molecule has 2 heterocycles. The van der Waals surface area contributed by atoms with Gasteiger partial charge in [-0.05, 0) is 55.7 Å². The summed E-state index contributed by atoms with van der Waals surface area (Å²) in [5, 5.41) is 4.72. The number of furan rings is 1. The van der Waals surface area contributed by atoms with Crippen LogP contribution < -0.4 is 5.32 Å². The molecule has 1 aliphatic rings. The first-order valence-corrected chi connectivity index (χ1v) is 9.56. The highest BCUT2D eigenvalue weighted by Crippen LogP contribution is 2.35. The van der Waals surface area contributed by atoms with Gasteiger partial charge in [0.05, 0.1) is 0 Å². The Morgan fingerprint density at radius 1 is 1.15 bits per heavy atom. The molecule has 1 aliphatic heterocycles. The standard InChI is InChI=1S/C22H22ClNO3/c1-15-5-6-19-16(11-15)12-20(27-19)21(25)24-14-22(7-9-26-10-8-22)17-3-2-4-18(23)13-17/h2-6,11-13H,7-10,14H2,1H3,(H,24,25). The SMILES string of the molecule is Cc1ccc2oc(C(=O)NCC3(c4cccc(Cl)c4)CCOCC3)cc2c1. The predicted octanol–water partition coefficient (Wildman–Crippen LogP) is 4.87. The minimum absolute atomic E-state index is 0.179. The van der Waals surface area contributed by atoms with Crippen LogP contribution in [0.5, 0.6) is 0 Å². The van der Waals surface area contributed by atoms with Crippen molar-refractivity contribution < 1.29 is 13.9 Å². The first-order valence-electron chi connectivity index (χ1n) is 9.18. The van der Waals surface area contributed by atoms with Gasteiger partial charge in [0, 0.05) is 35.6 Å². The molecular formula is C22H22ClNO3. The van der Waals surface area contributed by atoms with Crippen LogP contribution in [0.2, 0.25) is 5.02 Å². The zero-order valence-electron chi connectivity index (χ0n) is 15.3. The minimum Gasteiger partial charge on any atom is -0.451 e. The molecule has 27 heavy (non-hydrogen) atoms. The summed E-state index contributed by atoms with van der Waals surface area (Å²) in [6, 6.07) is 15.6. The predicted molar refractivity (Wildman–Crippen MR) is 106 cm³/mol. The van der Waals surface area contributed by atoms with Gasteiger partial charge in [0.1, 0.15) is 5.58 Å². The molecule has 4 rings (SSSR count). The number of fused-ring (bicyclic) bond motifs is 1. The summed E-state index contributed by atoms with van der Waals surface area (Å²) in [7, 11) is 0. The van der Waals surface area contributed by atoms with Crippen LogP contribution in [-0.4, -0.2) is 25.7 Å². The Morgan fingerprint density at radius 2 is 1.96 bits per heavy atom. The van der Waals surface area contributed by atoms with Crippen molar-refractivity contribution in [3.8, 4) is 0 Å². The molecule has 1 N–H and O–H groups in total. The van der Waals surface area contributed by atoms with Crippen molar-refractivity contribution in [3.05, 3.63) is 70.4 Å². The van der Waals surface area contributed by atoms with E-state index in [0.717, 1.165) is 34.9 Å². The summed E-state index contributed by atoms with van der Waals surface area (Å²) in [6.45, 7) is 3.89. The second kappa shape index (κ2) is 7.37. The zero-order chi connectivity index (χ0) is 18.9. The fourth-order valence-electron chi connectivity index (χ4n) is 3.76. The monoisotopic (exact) mass is 383 g/mol. The maximum Gasteiger partial charge on any atom is 0.287 e. The normalized spacial score (nSPS) is 16.4. The molecule has 1 amide bonds. The van der Waals surface area contributed by atoms with Crippen LogP contribution in [0.25, 0.3) is 11.0 Å². The van der Waals surface area contributed by atoms with Crippen molar-refractivity contribution in [1.82, 2.24) is 5.32 Å². The fourth-order valence-corrected chi connectivity index (χ4v) is 3.95. The third kappa shape index (κ3) is 3.73. The van der Waals surface area contributed by atoms with Gasteiger partial charge in [-0.15, -0.1) is 0 Å². The van der Waals surface area contributed by atoms with Gasteiger partial charge in [-0.1, -0.05) is 35.4 Å². The number of benzene rings is 2. The Morgan fingerprint density at radius 3 is 2.74 bits per heavy atom. The van der Waals surface area contributed by atoms with E-state index in [1.165, 1.54) is 0 Å². The average Bonchev–Trinajstić information content (AvgIpc) is 3.10. The first-order chi connectivity index (χ1) is 13.1. The van der Waals surface area contributed by atoms with Crippen molar-refractivity contribution in [2.24, 2.45) is 0 Å². The van der Waals surface area contributed by atoms with E-state index < -0.39 is 0 Å². The van der Waals surface area contributed by atoms with Crippen LogP contribution in [0.4, 0.5) is 0 Å². The number of halogens is 1. The van der Waals surface area contributed by atoms with Gasteiger partial charge < -0.3 is 14.5 Å². The van der Waals surface area contributed by atoms with Crippen molar-refractivity contribution in [1.29, 1.82) is 0 Å². The summed E-state index contributed by atoms with van der Waals surface area (Å²) in [6.07, 6.45) is 1.68. The van der Waals surface area contributed by atoms with Crippen LogP contribution in [-0.2, 0) is 10.2 Å². The third-order valence-corrected chi connectivity index (χ3v) is 5.60. The highest BCUT2D eigenvalue weighted by Gasteiger charge is 2.35. The van der Waals surface area contributed by atoms with Gasteiger partial charge in [-0.3, -0.25) is 4.79 Å². The lowest BCUT2D eigenvalue weighted by Crippen LogP contribution is -2.44. The van der Waals surface area contributed by atoms with Crippen LogP contribution in [0.15, 0.2) is 52.9 Å². The Labute approximate surface area is 163 Å². The average molecular weight is 384 g/mol. The first kappa shape index (κ1) is 18.1. The summed E-state index contributed by atoms with van der Waals surface area (Å²) < 4.78 is 11.3. The van der Waals surface area contributed by atoms with Crippen molar-refractivity contribution >= 4 is 28.5 Å². The van der Waals surface area contributed by atoms with E-state index in [0.29, 0.717) is 30.5 Å². The van der Waals surface area contributed by atoms with Gasteiger partial charge in [0.2, 0.25) is 0 Å². The minimum atomic E-state index is -0.197. The topological polar surface area (TPSA) is 51.5 Å². The van der Waals surface area contributed by atoms with Crippen molar-refractivity contribution in [2.75, 3.05) is 19.8 Å². The number of hydrogen-bond donors (Lipinski definition) is 1. The van der Waals surface area contributed by atoms with Crippen molar-refractivity contribution in [3.63, 3.8) is 0 Å². The summed E-state index contributed by atoms with van der Waals surface area (Å²) in [5.74, 6) is 0.139. The molecule has 140 valence electrons. The largest absolute Gasteiger partial charge is 0.451 e. The molecule has 5 heteroatoms. The molecule has 0 aliphatic carbocycles. The Kier molecular flexibility index (Phi) is 4.94. The maximum atomic E-state index is 12.7. The van der Waals surface area contributed by atoms with Crippen LogP contribution in [0.1, 0.15) is 34.5 Å². The molecule has 0 spiro atoms. The number of amides is 1. The Hall–Kier alpha value is -2.30. The van der Waals surface area contributed by atoms with E-state index in [9.17, 15) is 4.79 Å². The van der Waals surface area contributed by atoms with Gasteiger partial charge in [-0.2, -0.15) is 0 Å². The van der Waals surface area contributed by atoms with E-state index >= 15 is 0 Å². The maximum absolute atomic E-state index is 12.7. The lowest BCUT2D eigenvalue weighted by molar-refractivity contribution is 0.0485. The molecule has 4 nitrogen and oxygen atoms in total. The molecule has 0 saturated carbocycles. The summed E-state index contributed by atoms with van der Waals surface area (Å²) >= 11 is 6.21. The molecule has 0 radical (unpaired) electrons. The van der Waals surface area contributed by atoms with E-state index in [1.807, 2.05) is 43.3 Å². The van der Waals surface area contributed by atoms with Crippen molar-refractivity contribution in [2.45, 2.75) is 25.2 Å². The quantitative estimate of drug-likeness (QED) is 0.699. The molecule has 0 bridgehead atoms. The highest BCUT2D eigenvalue weighted by molar-refractivity contribution is 6.30. The molecule has 2 aromatic carbocycles. The molecule has 1 fully saturated rings. The van der Waals surface area contributed by atoms with E-state index in [-0.39, 0.29) is 11.3 Å². The van der Waals surface area contributed by atoms with Crippen LogP contribution in [0.3, 0.4) is 0 Å². The Balaban J connectivity index is 1.55. The second-order valence-electron chi connectivity index (χ2n) is 7.24. The fraction of sp³-hybridized carbons (Fsp3) is 0.318. The van der Waals surface area contributed by atoms with Gasteiger partial charge >= 0.3 is 0 Å². The molecule has 1 aromatic heterocycles. The van der Waals surface area contributed by atoms with Crippen LogP contribution in [0, 0.1) is 6.92 Å². The number of carbonyl (C=O) groups is 1. The summed E-state index contributed by atoms with van der Waals surface area (Å²) in [4.78, 5) is 12.7. The number of hydrogen-bond acceptors (Lipinski definition) is 3. The molecule has 0 unspecified atom stereocenters. The second-order valence-corrected chi connectivity index (χ2v) is 7.67. The molecular weight excluding hydrogens is 362 g/mol.